The zero-order valence-corrected chi connectivity index (χ0v) is 15.2. The molecule has 0 unspecified atom stereocenters. The van der Waals surface area contributed by atoms with E-state index < -0.39 is 0 Å². The molecule has 3 aromatic rings. The fourth-order valence-electron chi connectivity index (χ4n) is 3.41. The summed E-state index contributed by atoms with van der Waals surface area (Å²) in [6.07, 6.45) is 5.31. The van der Waals surface area contributed by atoms with E-state index in [1.54, 1.807) is 10.7 Å². The van der Waals surface area contributed by atoms with Crippen LogP contribution in [0.25, 0.3) is 5.78 Å². The highest BCUT2D eigenvalue weighted by Crippen LogP contribution is 2.31. The maximum Gasteiger partial charge on any atom is 0.294 e. The van der Waals surface area contributed by atoms with Crippen LogP contribution in [-0.2, 0) is 0 Å². The first kappa shape index (κ1) is 16.7. The number of hydrogen-bond donors (Lipinski definition) is 0. The monoisotopic (exact) mass is 349 g/mol. The van der Waals surface area contributed by atoms with Gasteiger partial charge in [0.1, 0.15) is 0 Å². The number of rotatable bonds is 5. The van der Waals surface area contributed by atoms with E-state index in [1.807, 2.05) is 36.1 Å². The number of carbonyl (C=O) groups is 1. The number of aryl methyl sites for hydroxylation is 1. The maximum atomic E-state index is 13.3. The third kappa shape index (κ3) is 3.07. The third-order valence-corrected chi connectivity index (χ3v) is 5.31. The van der Waals surface area contributed by atoms with Gasteiger partial charge in [-0.2, -0.15) is 4.98 Å². The van der Waals surface area contributed by atoms with Crippen LogP contribution in [0.3, 0.4) is 0 Å². The van der Waals surface area contributed by atoms with E-state index in [1.165, 1.54) is 19.3 Å². The molecular weight excluding hydrogens is 326 g/mol. The summed E-state index contributed by atoms with van der Waals surface area (Å²) in [5.41, 5.74) is 2.03. The summed E-state index contributed by atoms with van der Waals surface area (Å²) in [5.74, 6) is 1.12. The first-order valence-electron chi connectivity index (χ1n) is 9.18. The minimum atomic E-state index is -0.127. The molecule has 1 aliphatic carbocycles. The van der Waals surface area contributed by atoms with Crippen molar-refractivity contribution in [1.29, 1.82) is 0 Å². The van der Waals surface area contributed by atoms with Crippen molar-refractivity contribution in [2.24, 2.45) is 5.92 Å². The summed E-state index contributed by atoms with van der Waals surface area (Å²) < 4.78 is 1.63. The molecule has 1 aromatic carbocycles. The largest absolute Gasteiger partial charge is 0.329 e. The predicted molar refractivity (Wildman–Crippen MR) is 98.8 cm³/mol. The van der Waals surface area contributed by atoms with E-state index in [2.05, 4.69) is 34.1 Å². The van der Waals surface area contributed by atoms with Crippen LogP contribution < -0.4 is 0 Å². The van der Waals surface area contributed by atoms with Crippen LogP contribution in [0.1, 0.15) is 54.1 Å². The van der Waals surface area contributed by atoms with Crippen molar-refractivity contribution >= 4 is 11.7 Å². The average Bonchev–Trinajstić information content (AvgIpc) is 3.06. The number of benzene rings is 1. The van der Waals surface area contributed by atoms with Gasteiger partial charge < -0.3 is 4.90 Å². The maximum absolute atomic E-state index is 13.3. The molecule has 1 amide bonds. The Hall–Kier alpha value is -2.76. The Labute approximate surface area is 152 Å². The summed E-state index contributed by atoms with van der Waals surface area (Å²) in [7, 11) is 0. The third-order valence-electron chi connectivity index (χ3n) is 5.31. The van der Waals surface area contributed by atoms with Gasteiger partial charge in [0.25, 0.3) is 11.7 Å². The highest BCUT2D eigenvalue weighted by Gasteiger charge is 2.30. The Morgan fingerprint density at radius 3 is 2.69 bits per heavy atom. The molecule has 134 valence electrons. The van der Waals surface area contributed by atoms with Crippen LogP contribution in [0.15, 0.2) is 42.6 Å². The van der Waals surface area contributed by atoms with Gasteiger partial charge >= 0.3 is 0 Å². The van der Waals surface area contributed by atoms with Crippen LogP contribution in [0.5, 0.6) is 0 Å². The molecule has 4 rings (SSSR count). The van der Waals surface area contributed by atoms with Gasteiger partial charge in [-0.05, 0) is 44.2 Å². The molecule has 0 bridgehead atoms. The smallest absolute Gasteiger partial charge is 0.294 e. The Bertz CT molecular complexity index is 916. The van der Waals surface area contributed by atoms with Gasteiger partial charge in [-0.1, -0.05) is 36.8 Å². The van der Waals surface area contributed by atoms with Gasteiger partial charge in [-0.25, -0.2) is 9.50 Å². The van der Waals surface area contributed by atoms with Crippen molar-refractivity contribution in [2.45, 2.75) is 39.2 Å². The van der Waals surface area contributed by atoms with E-state index in [0.29, 0.717) is 11.7 Å². The summed E-state index contributed by atoms with van der Waals surface area (Å²) in [6, 6.07) is 12.0. The van der Waals surface area contributed by atoms with E-state index in [-0.39, 0.29) is 17.8 Å². The molecule has 26 heavy (non-hydrogen) atoms. The fraction of sp³-hybridized carbons (Fsp3) is 0.400. The van der Waals surface area contributed by atoms with Crippen molar-refractivity contribution in [3.05, 3.63) is 59.7 Å². The number of carbonyl (C=O) groups excluding carboxylic acids is 1. The van der Waals surface area contributed by atoms with Crippen LogP contribution in [0.4, 0.5) is 0 Å². The van der Waals surface area contributed by atoms with E-state index in [9.17, 15) is 4.79 Å². The molecule has 2 aromatic heterocycles. The van der Waals surface area contributed by atoms with E-state index >= 15 is 0 Å². The number of nitrogens with zero attached hydrogens (tertiary/aromatic N) is 5. The summed E-state index contributed by atoms with van der Waals surface area (Å²) >= 11 is 0. The first-order valence-corrected chi connectivity index (χ1v) is 9.18. The Morgan fingerprint density at radius 1 is 1.27 bits per heavy atom. The summed E-state index contributed by atoms with van der Waals surface area (Å²) in [6.45, 7) is 4.75. The lowest BCUT2D eigenvalue weighted by Gasteiger charge is -2.35. The molecule has 0 N–H and O–H groups in total. The second-order valence-electron chi connectivity index (χ2n) is 7.07. The summed E-state index contributed by atoms with van der Waals surface area (Å²) in [4.78, 5) is 23.8. The van der Waals surface area contributed by atoms with Crippen molar-refractivity contribution in [2.75, 3.05) is 6.54 Å². The van der Waals surface area contributed by atoms with Crippen molar-refractivity contribution in [3.8, 4) is 0 Å². The highest BCUT2D eigenvalue weighted by atomic mass is 16.2. The molecule has 1 fully saturated rings. The molecule has 0 spiro atoms. The first-order chi connectivity index (χ1) is 12.6. The quantitative estimate of drug-likeness (QED) is 0.708. The van der Waals surface area contributed by atoms with Gasteiger partial charge in [0, 0.05) is 18.4 Å². The van der Waals surface area contributed by atoms with Gasteiger partial charge in [-0.15, -0.1) is 5.10 Å². The van der Waals surface area contributed by atoms with Crippen molar-refractivity contribution in [1.82, 2.24) is 24.5 Å². The number of aromatic nitrogens is 4. The normalized spacial score (nSPS) is 15.6. The molecule has 1 saturated carbocycles. The second-order valence-corrected chi connectivity index (χ2v) is 7.07. The SMILES string of the molecule is Cc1ccnc2nc(C(=O)N(CC3CCC3)[C@H](C)c3ccccc3)nn12. The van der Waals surface area contributed by atoms with E-state index in [0.717, 1.165) is 17.8 Å². The zero-order chi connectivity index (χ0) is 18.1. The van der Waals surface area contributed by atoms with Crippen LogP contribution >= 0.6 is 0 Å². The van der Waals surface area contributed by atoms with Gasteiger partial charge in [0.15, 0.2) is 0 Å². The molecule has 2 heterocycles. The zero-order valence-electron chi connectivity index (χ0n) is 15.2. The molecule has 6 heteroatoms. The van der Waals surface area contributed by atoms with Crippen LogP contribution in [-0.4, -0.2) is 36.9 Å². The molecule has 0 radical (unpaired) electrons. The van der Waals surface area contributed by atoms with Crippen molar-refractivity contribution in [3.63, 3.8) is 0 Å². The Morgan fingerprint density at radius 2 is 2.04 bits per heavy atom. The summed E-state index contributed by atoms with van der Waals surface area (Å²) in [5, 5.41) is 4.41. The predicted octanol–water partition coefficient (Wildman–Crippen LogP) is 3.44. The fourth-order valence-corrected chi connectivity index (χ4v) is 3.41. The van der Waals surface area contributed by atoms with Crippen LogP contribution in [0.2, 0.25) is 0 Å². The number of fused-ring (bicyclic) bond motifs is 1. The van der Waals surface area contributed by atoms with Gasteiger partial charge in [-0.3, -0.25) is 4.79 Å². The average molecular weight is 349 g/mol. The standard InChI is InChI=1S/C20H23N5O/c1-14-11-12-21-20-22-18(23-25(14)20)19(26)24(13-16-7-6-8-16)15(2)17-9-4-3-5-10-17/h3-5,9-12,15-16H,6-8,13H2,1-2H3/t15-/m1/s1. The number of hydrogen-bond acceptors (Lipinski definition) is 4. The minimum absolute atomic E-state index is 0.0232. The molecule has 1 aliphatic rings. The molecule has 0 saturated heterocycles. The topological polar surface area (TPSA) is 63.4 Å². The molecule has 1 atom stereocenters. The van der Waals surface area contributed by atoms with Gasteiger partial charge in [0.2, 0.25) is 5.82 Å². The van der Waals surface area contributed by atoms with Crippen molar-refractivity contribution < 1.29 is 4.79 Å². The van der Waals surface area contributed by atoms with Gasteiger partial charge in [0.05, 0.1) is 6.04 Å². The van der Waals surface area contributed by atoms with Crippen LogP contribution in [0, 0.1) is 12.8 Å². The molecular formula is C20H23N5O. The lowest BCUT2D eigenvalue weighted by molar-refractivity contribution is 0.0601. The minimum Gasteiger partial charge on any atom is -0.329 e. The Balaban J connectivity index is 1.67. The molecule has 0 aliphatic heterocycles. The van der Waals surface area contributed by atoms with E-state index in [4.69, 9.17) is 0 Å². The lowest BCUT2D eigenvalue weighted by atomic mass is 9.84. The number of amides is 1. The second kappa shape index (κ2) is 6.86. The highest BCUT2D eigenvalue weighted by molar-refractivity contribution is 5.91. The molecule has 6 nitrogen and oxygen atoms in total. The Kier molecular flexibility index (Phi) is 4.41. The lowest BCUT2D eigenvalue weighted by Crippen LogP contribution is -2.39.